The minimum Gasteiger partial charge on any atom is -0.486 e. The number of benzene rings is 2. The molecule has 0 saturated heterocycles. The van der Waals surface area contributed by atoms with Crippen LogP contribution < -0.4 is 10.1 Å². The van der Waals surface area contributed by atoms with Gasteiger partial charge in [0.1, 0.15) is 24.6 Å². The van der Waals surface area contributed by atoms with Gasteiger partial charge in [-0.15, -0.1) is 0 Å². The number of carbonyl (C=O) groups excluding carboxylic acids is 2. The molecular weight excluding hydrogens is 427 g/mol. The van der Waals surface area contributed by atoms with Crippen molar-refractivity contribution in [1.82, 2.24) is 5.32 Å². The molecule has 0 aliphatic rings. The number of hydrogen-bond acceptors (Lipinski definition) is 5. The molecule has 0 aliphatic carbocycles. The summed E-state index contributed by atoms with van der Waals surface area (Å²) in [5.74, 6) is -1.33. The average Bonchev–Trinajstić information content (AvgIpc) is 2.74. The number of nitrogens with one attached hydrogen (secondary N) is 1. The monoisotopic (exact) mass is 453 g/mol. The van der Waals surface area contributed by atoms with Crippen LogP contribution in [0.25, 0.3) is 0 Å². The van der Waals surface area contributed by atoms with Gasteiger partial charge in [0.15, 0.2) is 0 Å². The highest BCUT2D eigenvalue weighted by molar-refractivity contribution is 5.82. The van der Waals surface area contributed by atoms with Gasteiger partial charge in [-0.05, 0) is 30.5 Å². The summed E-state index contributed by atoms with van der Waals surface area (Å²) in [7, 11) is 0. The van der Waals surface area contributed by atoms with Gasteiger partial charge in [0.05, 0.1) is 0 Å². The number of amides is 1. The summed E-state index contributed by atoms with van der Waals surface area (Å²) in [5.41, 5.74) is 0.584. The predicted octanol–water partition coefficient (Wildman–Crippen LogP) is 4.88. The number of esters is 1. The number of hydrogen-bond donors (Lipinski definition) is 1. The molecule has 0 unspecified atom stereocenters. The Bertz CT molecular complexity index is 859. The van der Waals surface area contributed by atoms with E-state index in [4.69, 9.17) is 14.2 Å². The van der Waals surface area contributed by atoms with E-state index in [0.29, 0.717) is 11.3 Å². The molecule has 6 nitrogen and oxygen atoms in total. The standard InChI is InChI=1S/C23H26F3NO5/c1-15(2)19(32-18-12-8-5-9-13-18)16(3)31-21(28)20(23(24,25)26)27-22(29)30-14-17-10-6-4-7-11-17/h4-13,15-16,19-20H,14H2,1-3H3,(H,27,29)/t16-,19+,20+/m0/s1. The second-order valence-corrected chi connectivity index (χ2v) is 7.46. The molecule has 0 spiro atoms. The Morgan fingerprint density at radius 1 is 0.938 bits per heavy atom. The minimum atomic E-state index is -5.07. The van der Waals surface area contributed by atoms with Crippen LogP contribution in [0.4, 0.5) is 18.0 Å². The maximum absolute atomic E-state index is 13.4. The molecule has 0 aromatic heterocycles. The number of carbonyl (C=O) groups is 2. The third-order valence-electron chi connectivity index (χ3n) is 4.48. The summed E-state index contributed by atoms with van der Waals surface area (Å²) >= 11 is 0. The molecule has 3 atom stereocenters. The zero-order valence-corrected chi connectivity index (χ0v) is 18.0. The van der Waals surface area contributed by atoms with Crippen molar-refractivity contribution in [3.8, 4) is 5.75 Å². The number of alkyl carbamates (subject to hydrolysis) is 1. The molecule has 0 aliphatic heterocycles. The molecule has 1 amide bonds. The van der Waals surface area contributed by atoms with Gasteiger partial charge in [-0.3, -0.25) is 5.32 Å². The molecule has 0 fully saturated rings. The Labute approximate surface area is 184 Å². The quantitative estimate of drug-likeness (QED) is 0.548. The second-order valence-electron chi connectivity index (χ2n) is 7.46. The first-order valence-electron chi connectivity index (χ1n) is 10.0. The molecule has 0 radical (unpaired) electrons. The fourth-order valence-electron chi connectivity index (χ4n) is 2.91. The van der Waals surface area contributed by atoms with Crippen LogP contribution in [0, 0.1) is 5.92 Å². The van der Waals surface area contributed by atoms with E-state index < -0.39 is 36.5 Å². The Morgan fingerprint density at radius 3 is 2.03 bits per heavy atom. The van der Waals surface area contributed by atoms with E-state index in [1.807, 2.05) is 0 Å². The lowest BCUT2D eigenvalue weighted by atomic mass is 10.0. The smallest absolute Gasteiger partial charge is 0.419 e. The molecule has 174 valence electrons. The van der Waals surface area contributed by atoms with Crippen LogP contribution in [0.2, 0.25) is 0 Å². The van der Waals surface area contributed by atoms with Crippen LogP contribution in [0.1, 0.15) is 26.3 Å². The maximum atomic E-state index is 13.4. The Hall–Kier alpha value is -3.23. The van der Waals surface area contributed by atoms with E-state index in [-0.39, 0.29) is 12.5 Å². The average molecular weight is 453 g/mol. The van der Waals surface area contributed by atoms with E-state index in [2.05, 4.69) is 0 Å². The van der Waals surface area contributed by atoms with Crippen molar-refractivity contribution < 1.29 is 37.0 Å². The van der Waals surface area contributed by atoms with Gasteiger partial charge in [-0.25, -0.2) is 9.59 Å². The normalized spacial score (nSPS) is 14.2. The van der Waals surface area contributed by atoms with Crippen LogP contribution in [0.15, 0.2) is 60.7 Å². The number of rotatable bonds is 9. The van der Waals surface area contributed by atoms with Crippen LogP contribution in [0.5, 0.6) is 5.75 Å². The largest absolute Gasteiger partial charge is 0.486 e. The van der Waals surface area contributed by atoms with Crippen LogP contribution >= 0.6 is 0 Å². The van der Waals surface area contributed by atoms with Gasteiger partial charge >= 0.3 is 18.2 Å². The molecule has 2 aromatic rings. The third-order valence-corrected chi connectivity index (χ3v) is 4.48. The lowest BCUT2D eigenvalue weighted by molar-refractivity contribution is -0.190. The molecule has 1 N–H and O–H groups in total. The maximum Gasteiger partial charge on any atom is 0.419 e. The fraction of sp³-hybridized carbons (Fsp3) is 0.391. The van der Waals surface area contributed by atoms with Crippen LogP contribution in [0.3, 0.4) is 0 Å². The summed E-state index contributed by atoms with van der Waals surface area (Å²) in [6.07, 6.45) is -8.19. The van der Waals surface area contributed by atoms with Gasteiger partial charge in [-0.2, -0.15) is 13.2 Å². The van der Waals surface area contributed by atoms with Gasteiger partial charge in [0.25, 0.3) is 0 Å². The third kappa shape index (κ3) is 7.79. The van der Waals surface area contributed by atoms with Crippen molar-refractivity contribution in [3.05, 3.63) is 66.2 Å². The highest BCUT2D eigenvalue weighted by Crippen LogP contribution is 2.24. The van der Waals surface area contributed by atoms with Crippen molar-refractivity contribution in [2.24, 2.45) is 5.92 Å². The van der Waals surface area contributed by atoms with Crippen molar-refractivity contribution >= 4 is 12.1 Å². The molecule has 2 rings (SSSR count). The molecule has 0 bridgehead atoms. The van der Waals surface area contributed by atoms with E-state index in [1.165, 1.54) is 6.92 Å². The zero-order chi connectivity index (χ0) is 23.7. The van der Waals surface area contributed by atoms with E-state index >= 15 is 0 Å². The Kier molecular flexibility index (Phi) is 8.92. The van der Waals surface area contributed by atoms with Crippen LogP contribution in [-0.2, 0) is 20.9 Å². The van der Waals surface area contributed by atoms with Crippen LogP contribution in [-0.4, -0.2) is 36.5 Å². The van der Waals surface area contributed by atoms with Gasteiger partial charge < -0.3 is 14.2 Å². The lowest BCUT2D eigenvalue weighted by Crippen LogP contribution is -2.53. The molecular formula is C23H26F3NO5. The number of alkyl halides is 3. The summed E-state index contributed by atoms with van der Waals surface area (Å²) in [5, 5.41) is 1.55. The molecule has 9 heteroatoms. The summed E-state index contributed by atoms with van der Waals surface area (Å²) in [6.45, 7) is 4.77. The van der Waals surface area contributed by atoms with E-state index in [9.17, 15) is 22.8 Å². The fourth-order valence-corrected chi connectivity index (χ4v) is 2.91. The van der Waals surface area contributed by atoms with E-state index in [0.717, 1.165) is 0 Å². The SMILES string of the molecule is CC(C)[C@@H](Oc1ccccc1)[C@H](C)OC(=O)[C@@H](NC(=O)OCc1ccccc1)C(F)(F)F. The highest BCUT2D eigenvalue weighted by atomic mass is 19.4. The lowest BCUT2D eigenvalue weighted by Gasteiger charge is -2.29. The van der Waals surface area contributed by atoms with E-state index in [1.54, 1.807) is 79.8 Å². The highest BCUT2D eigenvalue weighted by Gasteiger charge is 2.48. The number of halogens is 3. The first-order valence-corrected chi connectivity index (χ1v) is 10.0. The number of para-hydroxylation sites is 1. The first kappa shape index (κ1) is 25.0. The zero-order valence-electron chi connectivity index (χ0n) is 18.0. The molecule has 32 heavy (non-hydrogen) atoms. The van der Waals surface area contributed by atoms with Crippen molar-refractivity contribution in [3.63, 3.8) is 0 Å². The molecule has 2 aromatic carbocycles. The van der Waals surface area contributed by atoms with Gasteiger partial charge in [0.2, 0.25) is 6.04 Å². The van der Waals surface area contributed by atoms with Crippen molar-refractivity contribution in [2.45, 2.75) is 51.8 Å². The molecule has 0 heterocycles. The van der Waals surface area contributed by atoms with Crippen molar-refractivity contribution in [1.29, 1.82) is 0 Å². The van der Waals surface area contributed by atoms with Gasteiger partial charge in [-0.1, -0.05) is 62.4 Å². The Balaban J connectivity index is 2.01. The first-order chi connectivity index (χ1) is 15.1. The second kappa shape index (κ2) is 11.4. The minimum absolute atomic E-state index is 0.175. The topological polar surface area (TPSA) is 73.9 Å². The molecule has 0 saturated carbocycles. The summed E-state index contributed by atoms with van der Waals surface area (Å²) in [6, 6.07) is 14.2. The summed E-state index contributed by atoms with van der Waals surface area (Å²) in [4.78, 5) is 24.2. The predicted molar refractivity (Wildman–Crippen MR) is 111 cm³/mol. The Morgan fingerprint density at radius 2 is 1.50 bits per heavy atom. The van der Waals surface area contributed by atoms with Crippen molar-refractivity contribution in [2.75, 3.05) is 0 Å². The number of ether oxygens (including phenoxy) is 3. The summed E-state index contributed by atoms with van der Waals surface area (Å²) < 4.78 is 56.0. The van der Waals surface area contributed by atoms with Gasteiger partial charge in [0, 0.05) is 0 Å².